The third-order valence-corrected chi connectivity index (χ3v) is 1.83. The lowest BCUT2D eigenvalue weighted by atomic mass is 9.96. The number of esters is 2. The van der Waals surface area contributed by atoms with Crippen LogP contribution in [0.15, 0.2) is 11.6 Å². The summed E-state index contributed by atoms with van der Waals surface area (Å²) in [7, 11) is 1.14. The Kier molecular flexibility index (Phi) is 2.38. The van der Waals surface area contributed by atoms with Crippen LogP contribution < -0.4 is 0 Å². The number of carbonyl (C=O) groups is 2. The Balaban J connectivity index is 2.92. The Morgan fingerprint density at radius 3 is 2.77 bits per heavy atom. The normalized spacial score (nSPS) is 20.2. The zero-order valence-corrected chi connectivity index (χ0v) is 7.36. The first-order valence-electron chi connectivity index (χ1n) is 3.68. The van der Waals surface area contributed by atoms with Crippen LogP contribution in [0.2, 0.25) is 0 Å². The molecule has 0 spiro atoms. The number of hydrogen-bond acceptors (Lipinski definition) is 5. The average molecular weight is 186 g/mol. The van der Waals surface area contributed by atoms with Crippen LogP contribution in [0.1, 0.15) is 6.92 Å². The van der Waals surface area contributed by atoms with Crippen LogP contribution in [-0.2, 0) is 19.1 Å². The number of methoxy groups -OCH3 is 1. The molecule has 0 fully saturated rings. The lowest BCUT2D eigenvalue weighted by Crippen LogP contribution is -2.40. The fraction of sp³-hybridized carbons (Fsp3) is 0.500. The molecule has 0 aromatic carbocycles. The molecule has 0 amide bonds. The highest BCUT2D eigenvalue weighted by molar-refractivity contribution is 6.00. The molecule has 1 aliphatic heterocycles. The van der Waals surface area contributed by atoms with Crippen molar-refractivity contribution in [1.82, 2.24) is 0 Å². The van der Waals surface area contributed by atoms with Gasteiger partial charge in [0.2, 0.25) is 0 Å². The maximum atomic E-state index is 11.0. The molecule has 0 bridgehead atoms. The molecule has 5 nitrogen and oxygen atoms in total. The predicted molar refractivity (Wildman–Crippen MR) is 41.7 cm³/mol. The quantitative estimate of drug-likeness (QED) is 0.582. The average Bonchev–Trinajstić information content (AvgIpc) is 2.50. The molecule has 0 saturated heterocycles. The van der Waals surface area contributed by atoms with Crippen LogP contribution in [-0.4, -0.2) is 36.4 Å². The van der Waals surface area contributed by atoms with Crippen molar-refractivity contribution in [2.24, 2.45) is 0 Å². The first-order valence-corrected chi connectivity index (χ1v) is 3.68. The molecule has 1 aliphatic rings. The minimum atomic E-state index is -1.91. The number of aliphatic hydroxyl groups is 1. The van der Waals surface area contributed by atoms with Gasteiger partial charge in [-0.25, -0.2) is 9.59 Å². The van der Waals surface area contributed by atoms with Crippen molar-refractivity contribution in [1.29, 1.82) is 0 Å². The third kappa shape index (κ3) is 1.55. The van der Waals surface area contributed by atoms with E-state index in [2.05, 4.69) is 9.47 Å². The minimum absolute atomic E-state index is 0.0700. The highest BCUT2D eigenvalue weighted by Gasteiger charge is 2.42. The van der Waals surface area contributed by atoms with Crippen LogP contribution in [0.3, 0.4) is 0 Å². The van der Waals surface area contributed by atoms with Crippen LogP contribution in [0, 0.1) is 0 Å². The van der Waals surface area contributed by atoms with E-state index in [1.807, 2.05) is 0 Å². The topological polar surface area (TPSA) is 72.8 Å². The summed E-state index contributed by atoms with van der Waals surface area (Å²) in [4.78, 5) is 22.0. The first-order chi connectivity index (χ1) is 6.00. The van der Waals surface area contributed by atoms with Crippen molar-refractivity contribution < 1.29 is 24.2 Å². The molecule has 13 heavy (non-hydrogen) atoms. The molecule has 1 atom stereocenters. The molecule has 5 heteroatoms. The minimum Gasteiger partial charge on any atom is -0.467 e. The summed E-state index contributed by atoms with van der Waals surface area (Å²) in [6, 6.07) is 0. The Labute approximate surface area is 74.9 Å². The molecule has 0 aromatic rings. The van der Waals surface area contributed by atoms with Gasteiger partial charge in [-0.1, -0.05) is 0 Å². The summed E-state index contributed by atoms with van der Waals surface area (Å²) in [5, 5.41) is 9.61. The maximum Gasteiger partial charge on any atom is 0.342 e. The van der Waals surface area contributed by atoms with Crippen molar-refractivity contribution in [3.63, 3.8) is 0 Å². The van der Waals surface area contributed by atoms with Gasteiger partial charge in [-0.2, -0.15) is 0 Å². The van der Waals surface area contributed by atoms with Crippen molar-refractivity contribution in [3.05, 3.63) is 11.6 Å². The van der Waals surface area contributed by atoms with E-state index in [0.29, 0.717) is 0 Å². The molecule has 1 rings (SSSR count). The van der Waals surface area contributed by atoms with Crippen molar-refractivity contribution in [2.45, 2.75) is 12.5 Å². The van der Waals surface area contributed by atoms with Crippen LogP contribution >= 0.6 is 0 Å². The Morgan fingerprint density at radius 2 is 2.38 bits per heavy atom. The summed E-state index contributed by atoms with van der Waals surface area (Å²) < 4.78 is 8.89. The van der Waals surface area contributed by atoms with E-state index < -0.39 is 17.5 Å². The number of cyclic esters (lactones) is 1. The van der Waals surface area contributed by atoms with E-state index in [-0.39, 0.29) is 12.2 Å². The molecule has 1 heterocycles. The summed E-state index contributed by atoms with van der Waals surface area (Å²) >= 11 is 0. The van der Waals surface area contributed by atoms with E-state index in [9.17, 15) is 14.7 Å². The first kappa shape index (κ1) is 9.73. The van der Waals surface area contributed by atoms with E-state index in [0.717, 1.165) is 7.11 Å². The van der Waals surface area contributed by atoms with Gasteiger partial charge in [0.15, 0.2) is 5.60 Å². The summed E-state index contributed by atoms with van der Waals surface area (Å²) in [5.74, 6) is -1.56. The molecule has 0 aromatic heterocycles. The smallest absolute Gasteiger partial charge is 0.342 e. The Morgan fingerprint density at radius 1 is 1.77 bits per heavy atom. The highest BCUT2D eigenvalue weighted by atomic mass is 16.6. The molecule has 72 valence electrons. The highest BCUT2D eigenvalue weighted by Crippen LogP contribution is 2.22. The fourth-order valence-corrected chi connectivity index (χ4v) is 1.07. The number of rotatable bonds is 2. The van der Waals surface area contributed by atoms with Gasteiger partial charge in [0, 0.05) is 0 Å². The van der Waals surface area contributed by atoms with Gasteiger partial charge < -0.3 is 14.6 Å². The molecular formula is C8H10O5. The van der Waals surface area contributed by atoms with E-state index in [1.54, 1.807) is 0 Å². The SMILES string of the molecule is COC(=O)[C@@](C)(O)C1=CCOC1=O. The van der Waals surface area contributed by atoms with Gasteiger partial charge in [0.05, 0.1) is 12.7 Å². The van der Waals surface area contributed by atoms with Gasteiger partial charge in [-0.15, -0.1) is 0 Å². The van der Waals surface area contributed by atoms with Crippen molar-refractivity contribution in [3.8, 4) is 0 Å². The molecular weight excluding hydrogens is 176 g/mol. The van der Waals surface area contributed by atoms with Gasteiger partial charge >= 0.3 is 11.9 Å². The standard InChI is InChI=1S/C8H10O5/c1-8(11,7(10)12-2)5-3-4-13-6(5)9/h3,11H,4H2,1-2H3/t8-/m0/s1. The molecule has 0 saturated carbocycles. The van der Waals surface area contributed by atoms with E-state index in [4.69, 9.17) is 0 Å². The Bertz CT molecular complexity index is 276. The second-order valence-electron chi connectivity index (χ2n) is 2.78. The van der Waals surface area contributed by atoms with Crippen molar-refractivity contribution in [2.75, 3.05) is 13.7 Å². The van der Waals surface area contributed by atoms with E-state index >= 15 is 0 Å². The number of ether oxygens (including phenoxy) is 2. The number of hydrogen-bond donors (Lipinski definition) is 1. The summed E-state index contributed by atoms with van der Waals surface area (Å²) in [6.07, 6.45) is 1.36. The van der Waals surface area contributed by atoms with E-state index in [1.165, 1.54) is 13.0 Å². The second kappa shape index (κ2) is 3.18. The monoisotopic (exact) mass is 186 g/mol. The Hall–Kier alpha value is -1.36. The fourth-order valence-electron chi connectivity index (χ4n) is 1.07. The largest absolute Gasteiger partial charge is 0.467 e. The molecule has 0 aliphatic carbocycles. The van der Waals surface area contributed by atoms with Gasteiger partial charge in [0.25, 0.3) is 0 Å². The van der Waals surface area contributed by atoms with Crippen LogP contribution in [0.4, 0.5) is 0 Å². The van der Waals surface area contributed by atoms with Crippen LogP contribution in [0.25, 0.3) is 0 Å². The zero-order valence-electron chi connectivity index (χ0n) is 7.36. The maximum absolute atomic E-state index is 11.0. The second-order valence-corrected chi connectivity index (χ2v) is 2.78. The molecule has 0 unspecified atom stereocenters. The predicted octanol–water partition coefficient (Wildman–Crippen LogP) is -0.606. The summed E-state index contributed by atoms with van der Waals surface area (Å²) in [6.45, 7) is 1.28. The molecule has 0 radical (unpaired) electrons. The summed E-state index contributed by atoms with van der Waals surface area (Å²) in [5.41, 5.74) is -1.98. The third-order valence-electron chi connectivity index (χ3n) is 1.83. The zero-order chi connectivity index (χ0) is 10.1. The van der Waals surface area contributed by atoms with Crippen molar-refractivity contribution >= 4 is 11.9 Å². The molecule has 1 N–H and O–H groups in total. The van der Waals surface area contributed by atoms with Gasteiger partial charge in [-0.3, -0.25) is 0 Å². The van der Waals surface area contributed by atoms with Gasteiger partial charge in [0.1, 0.15) is 6.61 Å². The lowest BCUT2D eigenvalue weighted by molar-refractivity contribution is -0.159. The van der Waals surface area contributed by atoms with Crippen LogP contribution in [0.5, 0.6) is 0 Å². The lowest BCUT2D eigenvalue weighted by Gasteiger charge is -2.19. The number of carbonyl (C=O) groups excluding carboxylic acids is 2. The van der Waals surface area contributed by atoms with Gasteiger partial charge in [-0.05, 0) is 13.0 Å².